The Kier molecular flexibility index (Phi) is 4.14. The van der Waals surface area contributed by atoms with Gasteiger partial charge in [0.25, 0.3) is 5.91 Å². The standard InChI is InChI=1S/C13H10Br2N2O/c1-8-4-2-6-10(11(8)15)17-13(18)12-9(14)5-3-7-16-12/h2-7H,1H3,(H,17,18). The summed E-state index contributed by atoms with van der Waals surface area (Å²) in [4.78, 5) is 16.1. The van der Waals surface area contributed by atoms with Gasteiger partial charge in [0.15, 0.2) is 0 Å². The van der Waals surface area contributed by atoms with Crippen LogP contribution in [0.2, 0.25) is 0 Å². The molecule has 0 spiro atoms. The average molecular weight is 370 g/mol. The number of rotatable bonds is 2. The zero-order chi connectivity index (χ0) is 13.1. The largest absolute Gasteiger partial charge is 0.320 e. The first-order valence-electron chi connectivity index (χ1n) is 5.26. The van der Waals surface area contributed by atoms with Gasteiger partial charge in [0.1, 0.15) is 5.69 Å². The summed E-state index contributed by atoms with van der Waals surface area (Å²) in [7, 11) is 0. The summed E-state index contributed by atoms with van der Waals surface area (Å²) in [5.41, 5.74) is 2.16. The van der Waals surface area contributed by atoms with Crippen LogP contribution in [0.1, 0.15) is 16.1 Å². The van der Waals surface area contributed by atoms with Crippen molar-refractivity contribution < 1.29 is 4.79 Å². The highest BCUT2D eigenvalue weighted by Gasteiger charge is 2.13. The third-order valence-electron chi connectivity index (χ3n) is 2.41. The number of hydrogen-bond acceptors (Lipinski definition) is 2. The number of nitrogens with one attached hydrogen (secondary N) is 1. The van der Waals surface area contributed by atoms with Crippen LogP contribution >= 0.6 is 31.9 Å². The second kappa shape index (κ2) is 5.63. The van der Waals surface area contributed by atoms with Crippen molar-refractivity contribution in [3.8, 4) is 0 Å². The molecule has 0 aliphatic carbocycles. The van der Waals surface area contributed by atoms with Crippen LogP contribution in [-0.4, -0.2) is 10.9 Å². The highest BCUT2D eigenvalue weighted by Crippen LogP contribution is 2.26. The molecule has 0 unspecified atom stereocenters. The van der Waals surface area contributed by atoms with Crippen molar-refractivity contribution in [1.29, 1.82) is 0 Å². The van der Waals surface area contributed by atoms with Crippen LogP contribution in [0.3, 0.4) is 0 Å². The number of aromatic nitrogens is 1. The highest BCUT2D eigenvalue weighted by atomic mass is 79.9. The van der Waals surface area contributed by atoms with Gasteiger partial charge in [0.2, 0.25) is 0 Å². The maximum absolute atomic E-state index is 12.1. The molecule has 2 rings (SSSR count). The lowest BCUT2D eigenvalue weighted by molar-refractivity contribution is 0.102. The van der Waals surface area contributed by atoms with Gasteiger partial charge in [-0.2, -0.15) is 0 Å². The molecule has 1 aromatic carbocycles. The smallest absolute Gasteiger partial charge is 0.275 e. The third-order valence-corrected chi connectivity index (χ3v) is 4.11. The van der Waals surface area contributed by atoms with E-state index in [4.69, 9.17) is 0 Å². The predicted molar refractivity (Wildman–Crippen MR) is 78.8 cm³/mol. The summed E-state index contributed by atoms with van der Waals surface area (Å²) in [6, 6.07) is 9.25. The normalized spacial score (nSPS) is 10.2. The molecule has 0 saturated carbocycles. The van der Waals surface area contributed by atoms with Gasteiger partial charge in [-0.05, 0) is 62.5 Å². The SMILES string of the molecule is Cc1cccc(NC(=O)c2ncccc2Br)c1Br. The van der Waals surface area contributed by atoms with Crippen molar-refractivity contribution in [2.24, 2.45) is 0 Å². The van der Waals surface area contributed by atoms with E-state index in [1.807, 2.05) is 25.1 Å². The fourth-order valence-electron chi connectivity index (χ4n) is 1.48. The first-order chi connectivity index (χ1) is 8.59. The van der Waals surface area contributed by atoms with E-state index in [2.05, 4.69) is 42.2 Å². The summed E-state index contributed by atoms with van der Waals surface area (Å²) in [6.07, 6.45) is 1.59. The molecule has 0 fully saturated rings. The second-order valence-corrected chi connectivity index (χ2v) is 5.37. The van der Waals surface area contributed by atoms with E-state index in [-0.39, 0.29) is 5.91 Å². The molecular formula is C13H10Br2N2O. The first kappa shape index (κ1) is 13.2. The molecule has 5 heteroatoms. The number of benzene rings is 1. The molecule has 1 heterocycles. The topological polar surface area (TPSA) is 42.0 Å². The summed E-state index contributed by atoms with van der Waals surface area (Å²) >= 11 is 6.76. The number of carbonyl (C=O) groups excluding carboxylic acids is 1. The molecule has 2 aromatic rings. The second-order valence-electron chi connectivity index (χ2n) is 3.72. The summed E-state index contributed by atoms with van der Waals surface area (Å²) < 4.78 is 1.55. The van der Waals surface area contributed by atoms with E-state index >= 15 is 0 Å². The van der Waals surface area contributed by atoms with Crippen LogP contribution in [0.25, 0.3) is 0 Å². The zero-order valence-electron chi connectivity index (χ0n) is 9.58. The van der Waals surface area contributed by atoms with Crippen LogP contribution in [-0.2, 0) is 0 Å². The van der Waals surface area contributed by atoms with Crippen LogP contribution < -0.4 is 5.32 Å². The van der Waals surface area contributed by atoms with Crippen molar-refractivity contribution >= 4 is 43.5 Å². The van der Waals surface area contributed by atoms with Crippen LogP contribution in [0.15, 0.2) is 45.5 Å². The van der Waals surface area contributed by atoms with Gasteiger partial charge < -0.3 is 5.32 Å². The Morgan fingerprint density at radius 1 is 1.22 bits per heavy atom. The molecule has 18 heavy (non-hydrogen) atoms. The van der Waals surface area contributed by atoms with Crippen molar-refractivity contribution in [3.63, 3.8) is 0 Å². The third kappa shape index (κ3) is 2.79. The number of pyridine rings is 1. The quantitative estimate of drug-likeness (QED) is 0.863. The Hall–Kier alpha value is -1.20. The maximum atomic E-state index is 12.1. The molecule has 1 aromatic heterocycles. The van der Waals surface area contributed by atoms with E-state index in [9.17, 15) is 4.79 Å². The van der Waals surface area contributed by atoms with Crippen LogP contribution in [0, 0.1) is 6.92 Å². The molecule has 0 aliphatic rings. The number of amides is 1. The van der Waals surface area contributed by atoms with E-state index in [1.165, 1.54) is 0 Å². The minimum absolute atomic E-state index is 0.242. The van der Waals surface area contributed by atoms with E-state index in [1.54, 1.807) is 18.3 Å². The lowest BCUT2D eigenvalue weighted by atomic mass is 10.2. The monoisotopic (exact) mass is 368 g/mol. The zero-order valence-corrected chi connectivity index (χ0v) is 12.7. The molecule has 0 radical (unpaired) electrons. The summed E-state index contributed by atoms with van der Waals surface area (Å²) in [5, 5.41) is 2.83. The maximum Gasteiger partial charge on any atom is 0.275 e. The van der Waals surface area contributed by atoms with Crippen LogP contribution in [0.4, 0.5) is 5.69 Å². The number of halogens is 2. The molecule has 0 aliphatic heterocycles. The van der Waals surface area contributed by atoms with E-state index in [0.29, 0.717) is 10.2 Å². The van der Waals surface area contributed by atoms with Crippen molar-refractivity contribution in [2.75, 3.05) is 5.32 Å². The molecule has 1 N–H and O–H groups in total. The van der Waals surface area contributed by atoms with Crippen LogP contribution in [0.5, 0.6) is 0 Å². The number of carbonyl (C=O) groups is 1. The molecule has 0 bridgehead atoms. The Labute approximate surface area is 122 Å². The van der Waals surface area contributed by atoms with Gasteiger partial charge >= 0.3 is 0 Å². The van der Waals surface area contributed by atoms with Crippen molar-refractivity contribution in [2.45, 2.75) is 6.92 Å². The lowest BCUT2D eigenvalue weighted by Gasteiger charge is -2.09. The van der Waals surface area contributed by atoms with Gasteiger partial charge in [-0.15, -0.1) is 0 Å². The first-order valence-corrected chi connectivity index (χ1v) is 6.85. The summed E-state index contributed by atoms with van der Waals surface area (Å²) in [6.45, 7) is 1.97. The number of nitrogens with zero attached hydrogens (tertiary/aromatic N) is 1. The minimum Gasteiger partial charge on any atom is -0.320 e. The van der Waals surface area contributed by atoms with Gasteiger partial charge in [0, 0.05) is 15.1 Å². The Bertz CT molecular complexity index is 599. The number of hydrogen-bond donors (Lipinski definition) is 1. The van der Waals surface area contributed by atoms with Gasteiger partial charge in [-0.1, -0.05) is 12.1 Å². The fraction of sp³-hybridized carbons (Fsp3) is 0.0769. The average Bonchev–Trinajstić information content (AvgIpc) is 2.35. The molecule has 0 atom stereocenters. The Morgan fingerprint density at radius 2 is 2.00 bits per heavy atom. The molecule has 92 valence electrons. The van der Waals surface area contributed by atoms with Gasteiger partial charge in [-0.3, -0.25) is 4.79 Å². The highest BCUT2D eigenvalue weighted by molar-refractivity contribution is 9.11. The van der Waals surface area contributed by atoms with E-state index < -0.39 is 0 Å². The van der Waals surface area contributed by atoms with Crippen molar-refractivity contribution in [1.82, 2.24) is 4.98 Å². The van der Waals surface area contributed by atoms with Crippen molar-refractivity contribution in [3.05, 3.63) is 56.7 Å². The Balaban J connectivity index is 2.27. The van der Waals surface area contributed by atoms with E-state index in [0.717, 1.165) is 15.7 Å². The molecule has 1 amide bonds. The predicted octanol–water partition coefficient (Wildman–Crippen LogP) is 4.17. The van der Waals surface area contributed by atoms with Gasteiger partial charge in [0.05, 0.1) is 5.69 Å². The molecule has 0 saturated heterocycles. The number of anilines is 1. The lowest BCUT2D eigenvalue weighted by Crippen LogP contribution is -2.14. The molecule has 3 nitrogen and oxygen atoms in total. The molecular weight excluding hydrogens is 360 g/mol. The Morgan fingerprint density at radius 3 is 2.72 bits per heavy atom. The minimum atomic E-state index is -0.242. The van der Waals surface area contributed by atoms with Gasteiger partial charge in [-0.25, -0.2) is 4.98 Å². The number of aryl methyl sites for hydroxylation is 1. The fourth-order valence-corrected chi connectivity index (χ4v) is 2.28. The summed E-state index contributed by atoms with van der Waals surface area (Å²) in [5.74, 6) is -0.242.